The van der Waals surface area contributed by atoms with Gasteiger partial charge in [0.05, 0.1) is 46.2 Å². The second-order valence-electron chi connectivity index (χ2n) is 5.39. The highest BCUT2D eigenvalue weighted by molar-refractivity contribution is 5.91. The second kappa shape index (κ2) is 9.50. The summed E-state index contributed by atoms with van der Waals surface area (Å²) < 4.78 is 31.7. The SMILES string of the molecule is CCOc1c(OC)cc(C(=O)OC)cc1Oc1ccc(C(=O)OC)cc1OC. The van der Waals surface area contributed by atoms with E-state index in [9.17, 15) is 9.59 Å². The zero-order valence-electron chi connectivity index (χ0n) is 16.4. The Morgan fingerprint density at radius 1 is 0.750 bits per heavy atom. The first kappa shape index (κ1) is 20.9. The summed E-state index contributed by atoms with van der Waals surface area (Å²) in [6.07, 6.45) is 0. The van der Waals surface area contributed by atoms with E-state index in [2.05, 4.69) is 0 Å². The van der Waals surface area contributed by atoms with Crippen LogP contribution >= 0.6 is 0 Å². The van der Waals surface area contributed by atoms with E-state index in [0.717, 1.165) is 0 Å². The van der Waals surface area contributed by atoms with E-state index in [0.29, 0.717) is 35.2 Å². The molecule has 8 heteroatoms. The van der Waals surface area contributed by atoms with Gasteiger partial charge in [0.2, 0.25) is 5.75 Å². The van der Waals surface area contributed by atoms with Crippen molar-refractivity contribution in [1.82, 2.24) is 0 Å². The van der Waals surface area contributed by atoms with E-state index in [1.807, 2.05) is 6.92 Å². The van der Waals surface area contributed by atoms with Crippen LogP contribution in [0.1, 0.15) is 27.6 Å². The second-order valence-corrected chi connectivity index (χ2v) is 5.39. The molecule has 0 spiro atoms. The molecule has 0 bridgehead atoms. The number of benzene rings is 2. The predicted molar refractivity (Wildman–Crippen MR) is 99.9 cm³/mol. The first-order chi connectivity index (χ1) is 13.5. The summed E-state index contributed by atoms with van der Waals surface area (Å²) in [5.74, 6) is 0.397. The van der Waals surface area contributed by atoms with Crippen molar-refractivity contribution in [2.75, 3.05) is 35.0 Å². The minimum atomic E-state index is -0.556. The largest absolute Gasteiger partial charge is 0.493 e. The van der Waals surface area contributed by atoms with Crippen molar-refractivity contribution in [1.29, 1.82) is 0 Å². The molecule has 0 aliphatic heterocycles. The van der Waals surface area contributed by atoms with Gasteiger partial charge in [-0.05, 0) is 37.3 Å². The molecule has 28 heavy (non-hydrogen) atoms. The molecule has 2 aromatic carbocycles. The van der Waals surface area contributed by atoms with Crippen LogP contribution in [-0.4, -0.2) is 47.0 Å². The minimum absolute atomic E-state index is 0.225. The van der Waals surface area contributed by atoms with Gasteiger partial charge in [-0.2, -0.15) is 0 Å². The normalized spacial score (nSPS) is 10.0. The molecule has 0 unspecified atom stereocenters. The first-order valence-electron chi connectivity index (χ1n) is 8.36. The van der Waals surface area contributed by atoms with Crippen LogP contribution in [-0.2, 0) is 9.47 Å². The molecule has 0 N–H and O–H groups in total. The van der Waals surface area contributed by atoms with E-state index in [-0.39, 0.29) is 11.3 Å². The highest BCUT2D eigenvalue weighted by Gasteiger charge is 2.20. The monoisotopic (exact) mass is 390 g/mol. The van der Waals surface area contributed by atoms with E-state index in [1.165, 1.54) is 52.7 Å². The maximum absolute atomic E-state index is 12.0. The lowest BCUT2D eigenvalue weighted by Crippen LogP contribution is -2.05. The zero-order valence-corrected chi connectivity index (χ0v) is 16.4. The molecule has 2 rings (SSSR count). The Hall–Kier alpha value is -3.42. The van der Waals surface area contributed by atoms with Crippen molar-refractivity contribution >= 4 is 11.9 Å². The Bertz CT molecular complexity index is 860. The Labute approximate surface area is 162 Å². The standard InChI is InChI=1S/C20H22O8/c1-6-27-18-16(24-3)10-13(20(22)26-5)11-17(18)28-14-8-7-12(19(21)25-4)9-15(14)23-2/h7-11H,6H2,1-5H3. The van der Waals surface area contributed by atoms with Crippen molar-refractivity contribution in [3.63, 3.8) is 0 Å². The highest BCUT2D eigenvalue weighted by atomic mass is 16.6. The summed E-state index contributed by atoms with van der Waals surface area (Å²) in [5.41, 5.74) is 0.528. The fraction of sp³-hybridized carbons (Fsp3) is 0.300. The summed E-state index contributed by atoms with van der Waals surface area (Å²) in [4.78, 5) is 23.7. The first-order valence-corrected chi connectivity index (χ1v) is 8.36. The molecule has 0 aromatic heterocycles. The van der Waals surface area contributed by atoms with Crippen LogP contribution in [0.5, 0.6) is 28.7 Å². The summed E-state index contributed by atoms with van der Waals surface area (Å²) in [5, 5.41) is 0. The molecule has 0 aliphatic carbocycles. The molecule has 2 aromatic rings. The number of carbonyl (C=O) groups is 2. The fourth-order valence-electron chi connectivity index (χ4n) is 2.44. The third-order valence-corrected chi connectivity index (χ3v) is 3.76. The van der Waals surface area contributed by atoms with Crippen LogP contribution in [0.4, 0.5) is 0 Å². The Kier molecular flexibility index (Phi) is 7.08. The van der Waals surface area contributed by atoms with E-state index in [1.54, 1.807) is 6.07 Å². The molecule has 0 heterocycles. The minimum Gasteiger partial charge on any atom is -0.493 e. The lowest BCUT2D eigenvalue weighted by atomic mass is 10.1. The topological polar surface area (TPSA) is 89.5 Å². The maximum Gasteiger partial charge on any atom is 0.338 e. The van der Waals surface area contributed by atoms with Crippen molar-refractivity contribution in [3.05, 3.63) is 41.5 Å². The number of carbonyl (C=O) groups excluding carboxylic acids is 2. The van der Waals surface area contributed by atoms with E-state index in [4.69, 9.17) is 28.4 Å². The number of methoxy groups -OCH3 is 4. The van der Waals surface area contributed by atoms with Gasteiger partial charge >= 0.3 is 11.9 Å². The van der Waals surface area contributed by atoms with Gasteiger partial charge in [-0.3, -0.25) is 0 Å². The number of ether oxygens (including phenoxy) is 6. The van der Waals surface area contributed by atoms with Gasteiger partial charge < -0.3 is 28.4 Å². The summed E-state index contributed by atoms with van der Waals surface area (Å²) in [7, 11) is 5.46. The Morgan fingerprint density at radius 2 is 1.32 bits per heavy atom. The van der Waals surface area contributed by atoms with E-state index >= 15 is 0 Å². The Morgan fingerprint density at radius 3 is 1.89 bits per heavy atom. The number of rotatable bonds is 8. The summed E-state index contributed by atoms with van der Waals surface area (Å²) in [6.45, 7) is 2.16. The van der Waals surface area contributed by atoms with Gasteiger partial charge in [0.25, 0.3) is 0 Å². The molecular weight excluding hydrogens is 368 g/mol. The van der Waals surface area contributed by atoms with Gasteiger partial charge in [0.15, 0.2) is 23.0 Å². The van der Waals surface area contributed by atoms with Gasteiger partial charge in [-0.25, -0.2) is 9.59 Å². The van der Waals surface area contributed by atoms with Gasteiger partial charge in [-0.15, -0.1) is 0 Å². The third kappa shape index (κ3) is 4.46. The van der Waals surface area contributed by atoms with Crippen LogP contribution in [0.15, 0.2) is 30.3 Å². The highest BCUT2D eigenvalue weighted by Crippen LogP contribution is 2.43. The van der Waals surface area contributed by atoms with Crippen LogP contribution in [0.2, 0.25) is 0 Å². The zero-order chi connectivity index (χ0) is 20.7. The molecule has 0 atom stereocenters. The smallest absolute Gasteiger partial charge is 0.338 e. The molecule has 0 aliphatic rings. The molecule has 150 valence electrons. The van der Waals surface area contributed by atoms with Crippen LogP contribution in [0, 0.1) is 0 Å². The van der Waals surface area contributed by atoms with Crippen LogP contribution < -0.4 is 18.9 Å². The quantitative estimate of drug-likeness (QED) is 0.633. The van der Waals surface area contributed by atoms with Crippen molar-refractivity contribution in [3.8, 4) is 28.7 Å². The average molecular weight is 390 g/mol. The lowest BCUT2D eigenvalue weighted by molar-refractivity contribution is 0.0591. The third-order valence-electron chi connectivity index (χ3n) is 3.76. The van der Waals surface area contributed by atoms with Gasteiger partial charge in [0.1, 0.15) is 0 Å². The van der Waals surface area contributed by atoms with Gasteiger partial charge in [-0.1, -0.05) is 0 Å². The lowest BCUT2D eigenvalue weighted by Gasteiger charge is -2.17. The van der Waals surface area contributed by atoms with E-state index < -0.39 is 11.9 Å². The van der Waals surface area contributed by atoms with Crippen molar-refractivity contribution in [2.24, 2.45) is 0 Å². The molecule has 0 fully saturated rings. The van der Waals surface area contributed by atoms with Gasteiger partial charge in [0, 0.05) is 0 Å². The number of hydrogen-bond donors (Lipinski definition) is 0. The molecule has 0 saturated carbocycles. The van der Waals surface area contributed by atoms with Crippen LogP contribution in [0.3, 0.4) is 0 Å². The average Bonchev–Trinajstić information content (AvgIpc) is 2.73. The van der Waals surface area contributed by atoms with Crippen molar-refractivity contribution in [2.45, 2.75) is 6.92 Å². The molecule has 0 saturated heterocycles. The maximum atomic E-state index is 12.0. The Balaban J connectivity index is 2.54. The summed E-state index contributed by atoms with van der Waals surface area (Å²) in [6, 6.07) is 7.56. The summed E-state index contributed by atoms with van der Waals surface area (Å²) >= 11 is 0. The molecular formula is C20H22O8. The predicted octanol–water partition coefficient (Wildman–Crippen LogP) is 3.47. The molecule has 0 amide bonds. The number of esters is 2. The number of hydrogen-bond acceptors (Lipinski definition) is 8. The fourth-order valence-corrected chi connectivity index (χ4v) is 2.44. The van der Waals surface area contributed by atoms with Crippen molar-refractivity contribution < 1.29 is 38.0 Å². The molecule has 8 nitrogen and oxygen atoms in total. The van der Waals surface area contributed by atoms with Crippen LogP contribution in [0.25, 0.3) is 0 Å². The molecule has 0 radical (unpaired) electrons.